The van der Waals surface area contributed by atoms with Crippen molar-refractivity contribution in [1.82, 2.24) is 8.84 Å². The van der Waals surface area contributed by atoms with Crippen LogP contribution in [0.1, 0.15) is 20.8 Å². The quantitative estimate of drug-likeness (QED) is 0.473. The molecule has 1 rings (SSSR count). The van der Waals surface area contributed by atoms with Gasteiger partial charge >= 0.3 is 0 Å². The van der Waals surface area contributed by atoms with E-state index in [4.69, 9.17) is 23.6 Å². The maximum atomic E-state index is 5.88. The van der Waals surface area contributed by atoms with Crippen LogP contribution in [-0.4, -0.2) is 28.0 Å². The van der Waals surface area contributed by atoms with E-state index in [0.717, 1.165) is 0 Å². The molecule has 0 unspecified atom stereocenters. The van der Waals surface area contributed by atoms with E-state index in [2.05, 4.69) is 16.8 Å². The molecule has 1 aliphatic heterocycles. The normalized spacial score (nSPS) is 18.6. The third-order valence-electron chi connectivity index (χ3n) is 1.43. The van der Waals surface area contributed by atoms with Crippen LogP contribution in [0.25, 0.3) is 0 Å². The van der Waals surface area contributed by atoms with Crippen molar-refractivity contribution in [3.05, 3.63) is 0 Å². The van der Waals surface area contributed by atoms with E-state index in [-0.39, 0.29) is 5.41 Å². The van der Waals surface area contributed by atoms with Crippen LogP contribution in [-0.2, 0) is 0 Å². The Morgan fingerprint density at radius 1 is 1.36 bits per heavy atom. The van der Waals surface area contributed by atoms with E-state index in [1.807, 2.05) is 20.8 Å². The Balaban J connectivity index is 2.73. The first-order valence-electron chi connectivity index (χ1n) is 4.30. The van der Waals surface area contributed by atoms with E-state index in [9.17, 15) is 0 Å². The fraction of sp³-hybridized carbons (Fsp3) is 0.667. The number of hydrogen-bond acceptors (Lipinski definition) is 3. The average Bonchev–Trinajstić information content (AvgIpc) is 2.00. The van der Waals surface area contributed by atoms with Gasteiger partial charge in [-0.3, -0.25) is 0 Å². The van der Waals surface area contributed by atoms with Gasteiger partial charge in [0.25, 0.3) is 0 Å². The molecule has 0 aromatic rings. The minimum Gasteiger partial charge on any atom is -0.246 e. The number of amidine groups is 1. The molecule has 0 saturated heterocycles. The molecule has 3 nitrogen and oxygen atoms in total. The number of hydrogen-bond donors (Lipinski definition) is 0. The van der Waals surface area contributed by atoms with E-state index in [0.29, 0.717) is 19.2 Å². The van der Waals surface area contributed by atoms with Crippen molar-refractivity contribution in [3.63, 3.8) is 0 Å². The van der Waals surface area contributed by atoms with Crippen molar-refractivity contribution in [2.45, 2.75) is 20.8 Å². The van der Waals surface area contributed by atoms with Gasteiger partial charge < -0.3 is 0 Å². The third-order valence-corrected chi connectivity index (χ3v) is 1.91. The van der Waals surface area contributed by atoms with Crippen LogP contribution < -0.4 is 0 Å². The van der Waals surface area contributed by atoms with Gasteiger partial charge in [-0.2, -0.15) is 4.42 Å². The van der Waals surface area contributed by atoms with Gasteiger partial charge in [0.1, 0.15) is 13.3 Å². The molecule has 0 saturated carbocycles. The SMILES string of the molecule is CC(C)(C)C#CC1=NCN(Cl)CN1Cl. The van der Waals surface area contributed by atoms with Crippen molar-refractivity contribution in [1.29, 1.82) is 0 Å². The summed E-state index contributed by atoms with van der Waals surface area (Å²) in [5.74, 6) is 6.59. The molecule has 0 amide bonds. The molecule has 78 valence electrons. The summed E-state index contributed by atoms with van der Waals surface area (Å²) in [6, 6.07) is 0. The molecule has 0 bridgehead atoms. The van der Waals surface area contributed by atoms with Crippen molar-refractivity contribution in [2.24, 2.45) is 10.4 Å². The molecule has 0 atom stereocenters. The zero-order valence-corrected chi connectivity index (χ0v) is 10.0. The molecule has 0 N–H and O–H groups in total. The lowest BCUT2D eigenvalue weighted by molar-refractivity contribution is 0.365. The van der Waals surface area contributed by atoms with E-state index in [1.165, 1.54) is 8.84 Å². The summed E-state index contributed by atoms with van der Waals surface area (Å²) in [5.41, 5.74) is -0.0433. The van der Waals surface area contributed by atoms with Crippen LogP contribution in [0, 0.1) is 17.3 Å². The fourth-order valence-electron chi connectivity index (χ4n) is 0.810. The first-order valence-corrected chi connectivity index (χ1v) is 4.98. The summed E-state index contributed by atoms with van der Waals surface area (Å²) in [6.45, 7) is 6.97. The zero-order chi connectivity index (χ0) is 10.8. The summed E-state index contributed by atoms with van der Waals surface area (Å²) in [6.07, 6.45) is 0. The van der Waals surface area contributed by atoms with Gasteiger partial charge in [-0.25, -0.2) is 9.41 Å². The Hall–Kier alpha value is -0.430. The highest BCUT2D eigenvalue weighted by atomic mass is 35.5. The van der Waals surface area contributed by atoms with Crippen molar-refractivity contribution >= 4 is 29.4 Å². The molecule has 0 fully saturated rings. The maximum absolute atomic E-state index is 5.88. The molecule has 0 aromatic carbocycles. The highest BCUT2D eigenvalue weighted by Crippen LogP contribution is 2.12. The fourth-order valence-corrected chi connectivity index (χ4v) is 1.25. The number of aliphatic imine (C=N–C) groups is 1. The van der Waals surface area contributed by atoms with Crippen LogP contribution in [0.3, 0.4) is 0 Å². The molecular formula is C9H13Cl2N3. The topological polar surface area (TPSA) is 18.8 Å². The summed E-state index contributed by atoms with van der Waals surface area (Å²) >= 11 is 11.6. The van der Waals surface area contributed by atoms with E-state index in [1.54, 1.807) is 0 Å². The second kappa shape index (κ2) is 4.39. The smallest absolute Gasteiger partial charge is 0.193 e. The van der Waals surface area contributed by atoms with Gasteiger partial charge in [0.15, 0.2) is 5.84 Å². The predicted molar refractivity (Wildman–Crippen MR) is 59.8 cm³/mol. The second-order valence-electron chi connectivity index (χ2n) is 4.09. The summed E-state index contributed by atoms with van der Waals surface area (Å²) in [7, 11) is 0. The van der Waals surface area contributed by atoms with Crippen LogP contribution in [0.15, 0.2) is 4.99 Å². The molecule has 1 heterocycles. The van der Waals surface area contributed by atoms with Gasteiger partial charge in [0.2, 0.25) is 0 Å². The Labute approximate surface area is 94.9 Å². The van der Waals surface area contributed by atoms with Crippen molar-refractivity contribution in [2.75, 3.05) is 13.3 Å². The van der Waals surface area contributed by atoms with Crippen molar-refractivity contribution < 1.29 is 0 Å². The number of halogens is 2. The lowest BCUT2D eigenvalue weighted by Crippen LogP contribution is -2.35. The Bertz CT molecular complexity index is 295. The monoisotopic (exact) mass is 233 g/mol. The first kappa shape index (κ1) is 11.6. The van der Waals surface area contributed by atoms with Crippen molar-refractivity contribution in [3.8, 4) is 11.8 Å². The maximum Gasteiger partial charge on any atom is 0.193 e. The van der Waals surface area contributed by atoms with Crippen LogP contribution in [0.4, 0.5) is 0 Å². The van der Waals surface area contributed by atoms with Gasteiger partial charge in [0, 0.05) is 17.2 Å². The summed E-state index contributed by atoms with van der Waals surface area (Å²) in [5, 5.41) is 0. The molecular weight excluding hydrogens is 221 g/mol. The predicted octanol–water partition coefficient (Wildman–Crippen LogP) is 2.27. The van der Waals surface area contributed by atoms with Gasteiger partial charge in [-0.1, -0.05) is 5.92 Å². The Kier molecular flexibility index (Phi) is 3.65. The zero-order valence-electron chi connectivity index (χ0n) is 8.51. The standard InChI is InChI=1S/C9H13Cl2N3/c1-9(2,3)5-4-8-12-6-13(10)7-14(8)11/h6-7H2,1-3H3. The van der Waals surface area contributed by atoms with Crippen LogP contribution in [0.5, 0.6) is 0 Å². The minimum atomic E-state index is -0.0433. The molecule has 0 spiro atoms. The van der Waals surface area contributed by atoms with E-state index < -0.39 is 0 Å². The minimum absolute atomic E-state index is 0.0433. The van der Waals surface area contributed by atoms with Crippen LogP contribution in [0.2, 0.25) is 0 Å². The largest absolute Gasteiger partial charge is 0.246 e. The first-order chi connectivity index (χ1) is 6.38. The summed E-state index contributed by atoms with van der Waals surface area (Å²) < 4.78 is 2.89. The molecule has 5 heteroatoms. The van der Waals surface area contributed by atoms with E-state index >= 15 is 0 Å². The van der Waals surface area contributed by atoms with Gasteiger partial charge in [-0.15, -0.1) is 0 Å². The van der Waals surface area contributed by atoms with Gasteiger partial charge in [0.05, 0.1) is 0 Å². The molecule has 0 aromatic heterocycles. The Morgan fingerprint density at radius 3 is 2.50 bits per heavy atom. The van der Waals surface area contributed by atoms with Gasteiger partial charge in [-0.05, 0) is 38.5 Å². The second-order valence-corrected chi connectivity index (χ2v) is 4.98. The average molecular weight is 234 g/mol. The highest BCUT2D eigenvalue weighted by molar-refractivity contribution is 6.26. The third kappa shape index (κ3) is 3.75. The number of rotatable bonds is 0. The molecule has 0 radical (unpaired) electrons. The lowest BCUT2D eigenvalue weighted by atomic mass is 9.98. The molecule has 0 aliphatic carbocycles. The molecule has 14 heavy (non-hydrogen) atoms. The summed E-state index contributed by atoms with van der Waals surface area (Å²) in [4.78, 5) is 4.13. The molecule has 1 aliphatic rings. The number of nitrogens with zero attached hydrogens (tertiary/aromatic N) is 3. The Morgan fingerprint density at radius 2 is 2.00 bits per heavy atom. The van der Waals surface area contributed by atoms with Crippen LogP contribution >= 0.6 is 23.6 Å². The lowest BCUT2D eigenvalue weighted by Gasteiger charge is -2.24. The highest BCUT2D eigenvalue weighted by Gasteiger charge is 2.16.